The van der Waals surface area contributed by atoms with E-state index in [9.17, 15) is 22.0 Å². The maximum absolute atomic E-state index is 14.8. The van der Waals surface area contributed by atoms with Gasteiger partial charge in [0.25, 0.3) is 0 Å². The Morgan fingerprint density at radius 2 is 2.12 bits per heavy atom. The minimum atomic E-state index is -3.91. The van der Waals surface area contributed by atoms with Crippen LogP contribution in [0.1, 0.15) is 12.5 Å². The molecule has 0 fully saturated rings. The Balaban J connectivity index is 2.57. The summed E-state index contributed by atoms with van der Waals surface area (Å²) in [5.41, 5.74) is 2.89. The average Bonchev–Trinajstić information content (AvgIpc) is 2.47. The van der Waals surface area contributed by atoms with E-state index in [1.54, 1.807) is 0 Å². The number of carbonyl (C=O) groups is 1. The van der Waals surface area contributed by atoms with Crippen LogP contribution in [0.2, 0.25) is 0 Å². The van der Waals surface area contributed by atoms with E-state index in [0.29, 0.717) is 0 Å². The average molecular weight is 376 g/mol. The number of nitrogens with zero attached hydrogens (tertiary/aromatic N) is 2. The molecule has 1 aliphatic rings. The predicted molar refractivity (Wildman–Crippen MR) is 87.4 cm³/mol. The molecule has 0 spiro atoms. The molecule has 25 heavy (non-hydrogen) atoms. The SMILES string of the molecule is COCC(=O)Nc1ccc(F)c([C@]2(C)CS(=O)(=O)N(C)C(N)=N2)c1F. The lowest BCUT2D eigenvalue weighted by atomic mass is 9.92. The van der Waals surface area contributed by atoms with Crippen molar-refractivity contribution >= 4 is 27.6 Å². The summed E-state index contributed by atoms with van der Waals surface area (Å²) < 4.78 is 58.9. The van der Waals surface area contributed by atoms with Crippen LogP contribution in [0.5, 0.6) is 0 Å². The highest BCUT2D eigenvalue weighted by Gasteiger charge is 2.43. The second kappa shape index (κ2) is 6.56. The molecular formula is C14H18F2N4O4S. The van der Waals surface area contributed by atoms with Gasteiger partial charge in [0.15, 0.2) is 5.82 Å². The number of anilines is 1. The number of nitrogens with two attached hydrogens (primary N) is 1. The third kappa shape index (κ3) is 3.56. The molecule has 2 rings (SSSR count). The summed E-state index contributed by atoms with van der Waals surface area (Å²) in [4.78, 5) is 15.5. The first kappa shape index (κ1) is 19.1. The van der Waals surface area contributed by atoms with Crippen molar-refractivity contribution in [2.45, 2.75) is 12.5 Å². The molecular weight excluding hydrogens is 358 g/mol. The molecule has 0 aliphatic carbocycles. The summed E-state index contributed by atoms with van der Waals surface area (Å²) in [5.74, 6) is -3.84. The van der Waals surface area contributed by atoms with Gasteiger partial charge in [0.2, 0.25) is 21.9 Å². The highest BCUT2D eigenvalue weighted by molar-refractivity contribution is 7.89. The normalized spacial score (nSPS) is 22.4. The van der Waals surface area contributed by atoms with Gasteiger partial charge in [-0.2, -0.15) is 0 Å². The quantitative estimate of drug-likeness (QED) is 0.787. The van der Waals surface area contributed by atoms with Crippen LogP contribution in [0, 0.1) is 11.6 Å². The van der Waals surface area contributed by atoms with Crippen molar-refractivity contribution in [3.63, 3.8) is 0 Å². The zero-order valence-corrected chi connectivity index (χ0v) is 14.7. The number of halogens is 2. The summed E-state index contributed by atoms with van der Waals surface area (Å²) in [6.45, 7) is 0.931. The molecule has 1 aromatic carbocycles. The molecule has 1 atom stereocenters. The number of aliphatic imine (C=N–C) groups is 1. The van der Waals surface area contributed by atoms with Crippen LogP contribution >= 0.6 is 0 Å². The van der Waals surface area contributed by atoms with E-state index in [2.05, 4.69) is 15.0 Å². The van der Waals surface area contributed by atoms with Crippen molar-refractivity contribution < 1.29 is 26.7 Å². The van der Waals surface area contributed by atoms with Crippen molar-refractivity contribution in [3.8, 4) is 0 Å². The first-order valence-electron chi connectivity index (χ1n) is 7.11. The lowest BCUT2D eigenvalue weighted by Gasteiger charge is -2.35. The first-order chi connectivity index (χ1) is 11.5. The van der Waals surface area contributed by atoms with Gasteiger partial charge in [-0.1, -0.05) is 0 Å². The highest BCUT2D eigenvalue weighted by atomic mass is 32.2. The Morgan fingerprint density at radius 1 is 1.48 bits per heavy atom. The molecule has 3 N–H and O–H groups in total. The standard InChI is InChI=1S/C14H18F2N4O4S/c1-14(7-25(22,23)20(2)13(17)19-14)11-8(15)4-5-9(12(11)16)18-10(21)6-24-3/h4-5H,6-7H2,1-3H3,(H2,17,19)(H,18,21)/t14-/m0/s1. The van der Waals surface area contributed by atoms with E-state index in [0.717, 1.165) is 16.4 Å². The van der Waals surface area contributed by atoms with Gasteiger partial charge >= 0.3 is 0 Å². The molecule has 138 valence electrons. The topological polar surface area (TPSA) is 114 Å². The van der Waals surface area contributed by atoms with Gasteiger partial charge in [0.05, 0.1) is 17.0 Å². The van der Waals surface area contributed by atoms with Gasteiger partial charge in [0, 0.05) is 14.2 Å². The largest absolute Gasteiger partial charge is 0.375 e. The molecule has 0 aromatic heterocycles. The minimum absolute atomic E-state index is 0.315. The molecule has 11 heteroatoms. The van der Waals surface area contributed by atoms with Crippen LogP contribution < -0.4 is 11.1 Å². The number of nitrogens with one attached hydrogen (secondary N) is 1. The summed E-state index contributed by atoms with van der Waals surface area (Å²) in [6.07, 6.45) is 0. The van der Waals surface area contributed by atoms with Crippen LogP contribution in [0.25, 0.3) is 0 Å². The van der Waals surface area contributed by atoms with E-state index in [1.807, 2.05) is 0 Å². The lowest BCUT2D eigenvalue weighted by Crippen LogP contribution is -2.50. The van der Waals surface area contributed by atoms with Crippen molar-refractivity contribution in [3.05, 3.63) is 29.3 Å². The maximum atomic E-state index is 14.8. The van der Waals surface area contributed by atoms with E-state index in [4.69, 9.17) is 5.73 Å². The molecule has 1 aromatic rings. The Labute approximate surface area is 143 Å². The molecule has 1 aliphatic heterocycles. The highest BCUT2D eigenvalue weighted by Crippen LogP contribution is 2.37. The van der Waals surface area contributed by atoms with Gasteiger partial charge < -0.3 is 15.8 Å². The third-order valence-electron chi connectivity index (χ3n) is 3.74. The number of sulfonamides is 1. The van der Waals surface area contributed by atoms with Gasteiger partial charge in [-0.15, -0.1) is 0 Å². The zero-order chi connectivity index (χ0) is 19.0. The van der Waals surface area contributed by atoms with E-state index in [-0.39, 0.29) is 18.3 Å². The van der Waals surface area contributed by atoms with Crippen LogP contribution in [0.4, 0.5) is 14.5 Å². The molecule has 1 heterocycles. The number of guanidine groups is 1. The number of hydrogen-bond donors (Lipinski definition) is 2. The number of carbonyl (C=O) groups excluding carboxylic acids is 1. The second-order valence-electron chi connectivity index (χ2n) is 5.73. The molecule has 0 saturated heterocycles. The fourth-order valence-electron chi connectivity index (χ4n) is 2.54. The Kier molecular flexibility index (Phi) is 5.00. The summed E-state index contributed by atoms with van der Waals surface area (Å²) in [6, 6.07) is 1.95. The Bertz CT molecular complexity index is 843. The summed E-state index contributed by atoms with van der Waals surface area (Å²) >= 11 is 0. The fourth-order valence-corrected chi connectivity index (χ4v) is 3.98. The van der Waals surface area contributed by atoms with E-state index in [1.165, 1.54) is 21.1 Å². The van der Waals surface area contributed by atoms with Crippen LogP contribution in [-0.4, -0.2) is 51.1 Å². The zero-order valence-electron chi connectivity index (χ0n) is 13.8. The Hall–Kier alpha value is -2.27. The smallest absolute Gasteiger partial charge is 0.250 e. The summed E-state index contributed by atoms with van der Waals surface area (Å²) in [5, 5.41) is 2.23. The monoisotopic (exact) mass is 376 g/mol. The second-order valence-corrected chi connectivity index (χ2v) is 7.73. The van der Waals surface area contributed by atoms with Crippen molar-refractivity contribution in [2.75, 3.05) is 31.8 Å². The first-order valence-corrected chi connectivity index (χ1v) is 8.72. The van der Waals surface area contributed by atoms with Crippen LogP contribution in [0.3, 0.4) is 0 Å². The summed E-state index contributed by atoms with van der Waals surface area (Å²) in [7, 11) is -1.43. The van der Waals surface area contributed by atoms with Gasteiger partial charge in [-0.3, -0.25) is 4.79 Å². The van der Waals surface area contributed by atoms with Crippen LogP contribution in [0.15, 0.2) is 17.1 Å². The molecule has 0 saturated carbocycles. The molecule has 8 nitrogen and oxygen atoms in total. The number of benzene rings is 1. The van der Waals surface area contributed by atoms with Crippen molar-refractivity contribution in [1.29, 1.82) is 0 Å². The molecule has 0 radical (unpaired) electrons. The molecule has 0 unspecified atom stereocenters. The van der Waals surface area contributed by atoms with Crippen LogP contribution in [-0.2, 0) is 25.1 Å². The minimum Gasteiger partial charge on any atom is -0.375 e. The van der Waals surface area contributed by atoms with E-state index < -0.39 is 44.4 Å². The van der Waals surface area contributed by atoms with Crippen molar-refractivity contribution in [1.82, 2.24) is 4.31 Å². The fraction of sp³-hybridized carbons (Fsp3) is 0.429. The number of amides is 1. The number of methoxy groups -OCH3 is 1. The maximum Gasteiger partial charge on any atom is 0.250 e. The van der Waals surface area contributed by atoms with E-state index >= 15 is 0 Å². The van der Waals surface area contributed by atoms with Gasteiger partial charge in [-0.25, -0.2) is 26.5 Å². The predicted octanol–water partition coefficient (Wildman–Crippen LogP) is 0.355. The Morgan fingerprint density at radius 3 is 2.68 bits per heavy atom. The van der Waals surface area contributed by atoms with Gasteiger partial charge in [-0.05, 0) is 19.1 Å². The number of ether oxygens (including phenoxy) is 1. The third-order valence-corrected chi connectivity index (χ3v) is 5.69. The number of hydrogen-bond acceptors (Lipinski definition) is 6. The lowest BCUT2D eigenvalue weighted by molar-refractivity contribution is -0.119. The van der Waals surface area contributed by atoms with Crippen molar-refractivity contribution in [2.24, 2.45) is 10.7 Å². The molecule has 0 bridgehead atoms. The van der Waals surface area contributed by atoms with Gasteiger partial charge in [0.1, 0.15) is 18.0 Å². The molecule has 1 amide bonds. The number of rotatable bonds is 4.